The van der Waals surface area contributed by atoms with Gasteiger partial charge in [0.1, 0.15) is 12.4 Å². The van der Waals surface area contributed by atoms with Crippen LogP contribution in [0.2, 0.25) is 0 Å². The van der Waals surface area contributed by atoms with Crippen LogP contribution in [0.1, 0.15) is 25.0 Å². The summed E-state index contributed by atoms with van der Waals surface area (Å²) < 4.78 is 26.4. The Kier molecular flexibility index (Phi) is 8.52. The molecule has 198 valence electrons. The predicted octanol–water partition coefficient (Wildman–Crippen LogP) is 8.19. The first-order valence-electron chi connectivity index (χ1n) is 12.6. The van der Waals surface area contributed by atoms with Crippen LogP contribution in [0.3, 0.4) is 0 Å². The monoisotopic (exact) mass is 652 g/mol. The van der Waals surface area contributed by atoms with Crippen molar-refractivity contribution < 1.29 is 18.7 Å². The number of hydrogen-bond acceptors (Lipinski definition) is 5. The van der Waals surface area contributed by atoms with Crippen LogP contribution in [0.4, 0.5) is 10.1 Å². The largest absolute Gasteiger partial charge is 0.490 e. The smallest absolute Gasteiger partial charge is 0.266 e. The Labute approximate surface area is 244 Å². The Bertz CT molecular complexity index is 1590. The highest BCUT2D eigenvalue weighted by atomic mass is 127. The zero-order valence-electron chi connectivity index (χ0n) is 21.5. The average molecular weight is 653 g/mol. The highest BCUT2D eigenvalue weighted by Gasteiger charge is 2.32. The summed E-state index contributed by atoms with van der Waals surface area (Å²) in [5.41, 5.74) is 2.49. The number of benzene rings is 4. The van der Waals surface area contributed by atoms with Gasteiger partial charge in [0.05, 0.1) is 20.8 Å². The van der Waals surface area contributed by atoms with Crippen LogP contribution in [0.15, 0.2) is 88.8 Å². The molecule has 0 atom stereocenters. The predicted molar refractivity (Wildman–Crippen MR) is 165 cm³/mol. The normalized spacial score (nSPS) is 15.5. The summed E-state index contributed by atoms with van der Waals surface area (Å²) in [6.45, 7) is 5.20. The Morgan fingerprint density at radius 3 is 2.49 bits per heavy atom. The Balaban J connectivity index is 1.40. The molecule has 0 radical (unpaired) electrons. The lowest BCUT2D eigenvalue weighted by Crippen LogP contribution is -2.28. The molecular weight excluding hydrogens is 626 g/mol. The number of ether oxygens (including phenoxy) is 2. The van der Waals surface area contributed by atoms with Crippen LogP contribution in [0.5, 0.6) is 11.5 Å². The molecule has 1 amide bonds. The second kappa shape index (κ2) is 12.2. The van der Waals surface area contributed by atoms with Crippen LogP contribution in [-0.2, 0) is 11.4 Å². The van der Waals surface area contributed by atoms with Crippen LogP contribution in [0.25, 0.3) is 16.8 Å². The molecule has 5 nitrogen and oxygen atoms in total. The number of carbonyl (C=O) groups is 1. The third-order valence-corrected chi connectivity index (χ3v) is 7.89. The van der Waals surface area contributed by atoms with E-state index in [1.165, 1.54) is 34.7 Å². The van der Waals surface area contributed by atoms with Crippen LogP contribution in [-0.4, -0.2) is 29.1 Å². The van der Waals surface area contributed by atoms with E-state index in [0.717, 1.165) is 14.7 Å². The minimum Gasteiger partial charge on any atom is -0.490 e. The number of amidine groups is 1. The molecule has 0 N–H and O–H groups in total. The van der Waals surface area contributed by atoms with Gasteiger partial charge in [-0.1, -0.05) is 36.4 Å². The SMILES string of the molecule is CCOc1cc(/C=C2/SC(=Nc3ccc(F)cc3)N(CC)C2=O)cc(I)c1OCc1ccc2ccccc2c1. The van der Waals surface area contributed by atoms with Gasteiger partial charge in [0.15, 0.2) is 16.7 Å². The molecule has 0 bridgehead atoms. The Morgan fingerprint density at radius 2 is 1.74 bits per heavy atom. The number of amides is 1. The van der Waals surface area contributed by atoms with E-state index in [0.29, 0.717) is 47.0 Å². The number of carbonyl (C=O) groups excluding carboxylic acids is 1. The first kappa shape index (κ1) is 27.2. The number of nitrogens with zero attached hydrogens (tertiary/aromatic N) is 2. The molecule has 0 saturated carbocycles. The lowest BCUT2D eigenvalue weighted by atomic mass is 10.1. The van der Waals surface area contributed by atoms with E-state index >= 15 is 0 Å². The summed E-state index contributed by atoms with van der Waals surface area (Å²) >= 11 is 3.54. The summed E-state index contributed by atoms with van der Waals surface area (Å²) in [5, 5.41) is 2.92. The molecule has 0 aromatic heterocycles. The minimum absolute atomic E-state index is 0.118. The van der Waals surface area contributed by atoms with Crippen molar-refractivity contribution in [1.82, 2.24) is 4.90 Å². The molecule has 1 saturated heterocycles. The fourth-order valence-electron chi connectivity index (χ4n) is 4.21. The lowest BCUT2D eigenvalue weighted by molar-refractivity contribution is -0.122. The number of thioether (sulfide) groups is 1. The van der Waals surface area contributed by atoms with Crippen molar-refractivity contribution in [3.8, 4) is 11.5 Å². The number of aliphatic imine (C=N–C) groups is 1. The zero-order chi connectivity index (χ0) is 27.4. The van der Waals surface area contributed by atoms with Gasteiger partial charge in [-0.05, 0) is 119 Å². The second-order valence-corrected chi connectivity index (χ2v) is 10.9. The molecule has 5 rings (SSSR count). The van der Waals surface area contributed by atoms with E-state index in [1.54, 1.807) is 17.0 Å². The highest BCUT2D eigenvalue weighted by Crippen LogP contribution is 2.38. The first-order valence-corrected chi connectivity index (χ1v) is 14.5. The van der Waals surface area contributed by atoms with E-state index in [1.807, 2.05) is 44.2 Å². The van der Waals surface area contributed by atoms with Crippen molar-refractivity contribution in [3.05, 3.63) is 104 Å². The number of hydrogen-bond donors (Lipinski definition) is 0. The molecule has 0 aliphatic carbocycles. The standard InChI is InChI=1S/C31H26FIN2O3S/c1-3-35-30(36)28(39-31(35)34-25-13-11-24(32)12-14-25)18-21-16-26(33)29(27(17-21)37-4-2)38-19-20-9-10-22-7-5-6-8-23(22)15-20/h5-18H,3-4,19H2,1-2H3/b28-18+,34-31?. The van der Waals surface area contributed by atoms with Crippen molar-refractivity contribution in [1.29, 1.82) is 0 Å². The molecule has 4 aromatic rings. The van der Waals surface area contributed by atoms with Crippen molar-refractivity contribution in [2.24, 2.45) is 4.99 Å². The van der Waals surface area contributed by atoms with Crippen LogP contribution < -0.4 is 9.47 Å². The van der Waals surface area contributed by atoms with Crippen LogP contribution >= 0.6 is 34.4 Å². The molecule has 4 aromatic carbocycles. The van der Waals surface area contributed by atoms with Crippen molar-refractivity contribution in [3.63, 3.8) is 0 Å². The molecule has 1 fully saturated rings. The van der Waals surface area contributed by atoms with Gasteiger partial charge in [-0.3, -0.25) is 9.69 Å². The summed E-state index contributed by atoms with van der Waals surface area (Å²) in [4.78, 5) is 19.9. The van der Waals surface area contributed by atoms with E-state index < -0.39 is 0 Å². The highest BCUT2D eigenvalue weighted by molar-refractivity contribution is 14.1. The maximum absolute atomic E-state index is 13.3. The van der Waals surface area contributed by atoms with E-state index in [-0.39, 0.29) is 11.7 Å². The van der Waals surface area contributed by atoms with Crippen molar-refractivity contribution in [2.75, 3.05) is 13.2 Å². The van der Waals surface area contributed by atoms with E-state index in [2.05, 4.69) is 57.9 Å². The Hall–Kier alpha value is -3.37. The topological polar surface area (TPSA) is 51.1 Å². The molecule has 39 heavy (non-hydrogen) atoms. The third-order valence-electron chi connectivity index (χ3n) is 6.08. The summed E-state index contributed by atoms with van der Waals surface area (Å²) in [6.07, 6.45) is 1.85. The maximum atomic E-state index is 13.3. The molecule has 1 aliphatic rings. The Morgan fingerprint density at radius 1 is 0.974 bits per heavy atom. The summed E-state index contributed by atoms with van der Waals surface area (Å²) in [7, 11) is 0. The number of rotatable bonds is 8. The van der Waals surface area contributed by atoms with Gasteiger partial charge >= 0.3 is 0 Å². The number of halogens is 2. The average Bonchev–Trinajstić information content (AvgIpc) is 3.22. The van der Waals surface area contributed by atoms with Gasteiger partial charge in [0.25, 0.3) is 5.91 Å². The summed E-state index contributed by atoms with van der Waals surface area (Å²) in [5.74, 6) is 0.853. The van der Waals surface area contributed by atoms with Gasteiger partial charge in [0.2, 0.25) is 0 Å². The fourth-order valence-corrected chi connectivity index (χ4v) is 6.05. The lowest BCUT2D eigenvalue weighted by Gasteiger charge is -2.15. The van der Waals surface area contributed by atoms with Crippen molar-refractivity contribution >= 4 is 68.0 Å². The van der Waals surface area contributed by atoms with Crippen molar-refractivity contribution in [2.45, 2.75) is 20.5 Å². The van der Waals surface area contributed by atoms with Gasteiger partial charge in [-0.25, -0.2) is 9.38 Å². The molecule has 0 spiro atoms. The molecule has 8 heteroatoms. The quantitative estimate of drug-likeness (QED) is 0.142. The van der Waals surface area contributed by atoms with Gasteiger partial charge in [-0.2, -0.15) is 0 Å². The molecule has 0 unspecified atom stereocenters. The third kappa shape index (κ3) is 6.28. The second-order valence-electron chi connectivity index (χ2n) is 8.76. The first-order chi connectivity index (χ1) is 18.9. The maximum Gasteiger partial charge on any atom is 0.266 e. The number of fused-ring (bicyclic) bond motifs is 1. The fraction of sp³-hybridized carbons (Fsp3) is 0.161. The van der Waals surface area contributed by atoms with Gasteiger partial charge < -0.3 is 9.47 Å². The minimum atomic E-state index is -0.327. The van der Waals surface area contributed by atoms with E-state index in [9.17, 15) is 9.18 Å². The molecular formula is C31H26FIN2O3S. The summed E-state index contributed by atoms with van der Waals surface area (Å²) in [6, 6.07) is 24.3. The van der Waals surface area contributed by atoms with Gasteiger partial charge in [0, 0.05) is 6.54 Å². The van der Waals surface area contributed by atoms with E-state index in [4.69, 9.17) is 9.47 Å². The molecule has 1 heterocycles. The number of likely N-dealkylation sites (N-methyl/N-ethyl adjacent to an activating group) is 1. The van der Waals surface area contributed by atoms with Crippen LogP contribution in [0, 0.1) is 9.39 Å². The zero-order valence-corrected chi connectivity index (χ0v) is 24.5. The van der Waals surface area contributed by atoms with Gasteiger partial charge in [-0.15, -0.1) is 0 Å². The molecule has 1 aliphatic heterocycles.